The van der Waals surface area contributed by atoms with Crippen molar-refractivity contribution in [2.24, 2.45) is 0 Å². The average molecular weight is 109 g/mol. The van der Waals surface area contributed by atoms with Crippen LogP contribution in [0.5, 0.6) is 0 Å². The van der Waals surface area contributed by atoms with Crippen LogP contribution in [0, 0.1) is 0 Å². The average Bonchev–Trinajstić information content (AvgIpc) is 0.811. The van der Waals surface area contributed by atoms with Crippen LogP contribution in [0.25, 0.3) is 0 Å². The first kappa shape index (κ1) is 15.6. The summed E-state index contributed by atoms with van der Waals surface area (Å²) in [4.78, 5) is 9.00. The van der Waals surface area contributed by atoms with Gasteiger partial charge in [-0.15, -0.1) is 0 Å². The van der Waals surface area contributed by atoms with Crippen LogP contribution in [0.3, 0.4) is 0 Å². The van der Waals surface area contributed by atoms with E-state index < -0.39 is 5.97 Å². The summed E-state index contributed by atoms with van der Waals surface area (Å²) in [6.45, 7) is 1.08. The van der Waals surface area contributed by atoms with Crippen LogP contribution in [-0.2, 0) is 4.79 Å². The number of aliphatic carboxylic acids is 1. The molecule has 0 aliphatic heterocycles. The summed E-state index contributed by atoms with van der Waals surface area (Å²) in [6.07, 6.45) is 0. The summed E-state index contributed by atoms with van der Waals surface area (Å²) in [5, 5.41) is 7.42. The van der Waals surface area contributed by atoms with Crippen molar-refractivity contribution >= 4 is 65.1 Å². The van der Waals surface area contributed by atoms with Gasteiger partial charge in [-0.3, -0.25) is 4.79 Å². The summed E-state index contributed by atoms with van der Waals surface area (Å²) >= 11 is 0. The zero-order valence-electron chi connectivity index (χ0n) is 3.36. The van der Waals surface area contributed by atoms with Gasteiger partial charge in [0, 0.05) is 6.92 Å². The maximum absolute atomic E-state index is 9.00. The van der Waals surface area contributed by atoms with Gasteiger partial charge in [0.15, 0.2) is 0 Å². The standard InChI is InChI=1S/C2H4O2.2Na.2H/c1-2(3)4;;;;/h1H3,(H,3,4);;;;/p+1. The minimum absolute atomic E-state index is 0. The summed E-state index contributed by atoms with van der Waals surface area (Å²) in [7, 11) is 0. The fourth-order valence-electron chi connectivity index (χ4n) is 0. The number of carboxylic acids is 1. The number of hydrogen-bond donors (Lipinski definition) is 1. The molecular formula is C2H7Na2O2+. The Morgan fingerprint density at radius 3 is 1.67 bits per heavy atom. The van der Waals surface area contributed by atoms with E-state index in [1.807, 2.05) is 0 Å². The summed E-state index contributed by atoms with van der Waals surface area (Å²) in [5.74, 6) is -0.833. The first-order valence-electron chi connectivity index (χ1n) is 0.928. The molecule has 0 bridgehead atoms. The van der Waals surface area contributed by atoms with Crippen molar-refractivity contribution in [3.05, 3.63) is 0 Å². The second kappa shape index (κ2) is 9.69. The van der Waals surface area contributed by atoms with Gasteiger partial charge in [-0.2, -0.15) is 0 Å². The molecule has 0 aliphatic carbocycles. The van der Waals surface area contributed by atoms with Gasteiger partial charge in [-0.1, -0.05) is 0 Å². The van der Waals surface area contributed by atoms with E-state index in [0.29, 0.717) is 0 Å². The monoisotopic (exact) mass is 109 g/mol. The zero-order chi connectivity index (χ0) is 3.58. The van der Waals surface area contributed by atoms with E-state index in [9.17, 15) is 0 Å². The van der Waals surface area contributed by atoms with Gasteiger partial charge in [0.1, 0.15) is 0 Å². The Kier molecular flexibility index (Phi) is 25.3. The predicted molar refractivity (Wildman–Crippen MR) is 28.7 cm³/mol. The Morgan fingerprint density at radius 1 is 1.67 bits per heavy atom. The third kappa shape index (κ3) is 50.6. The van der Waals surface area contributed by atoms with Crippen LogP contribution < -0.4 is 0 Å². The van der Waals surface area contributed by atoms with Crippen molar-refractivity contribution < 1.29 is 11.3 Å². The van der Waals surface area contributed by atoms with E-state index in [1.54, 1.807) is 0 Å². The van der Waals surface area contributed by atoms with Gasteiger partial charge < -0.3 is 5.11 Å². The summed E-state index contributed by atoms with van der Waals surface area (Å²) < 4.78 is 0. The van der Waals surface area contributed by atoms with Crippen molar-refractivity contribution in [1.82, 2.24) is 0 Å². The van der Waals surface area contributed by atoms with E-state index in [1.165, 1.54) is 0 Å². The van der Waals surface area contributed by atoms with Crippen molar-refractivity contribution in [1.29, 1.82) is 0 Å². The molecule has 0 saturated carbocycles. The second-order valence-electron chi connectivity index (χ2n) is 0.519. The van der Waals surface area contributed by atoms with E-state index in [2.05, 4.69) is 0 Å². The van der Waals surface area contributed by atoms with Crippen molar-refractivity contribution in [2.75, 3.05) is 0 Å². The van der Waals surface area contributed by atoms with Crippen LogP contribution in [0.2, 0.25) is 0 Å². The molecule has 28 valence electrons. The predicted octanol–water partition coefficient (Wildman–Crippen LogP) is -1.09. The Hall–Kier alpha value is 1.47. The van der Waals surface area contributed by atoms with Gasteiger partial charge in [0.25, 0.3) is 5.97 Å². The summed E-state index contributed by atoms with van der Waals surface area (Å²) in [6, 6.07) is 0. The Bertz CT molecular complexity index is 36.7. The van der Waals surface area contributed by atoms with Crippen LogP contribution in [0.15, 0.2) is 0 Å². The number of carbonyl (C=O) groups is 1. The number of rotatable bonds is 0. The molecule has 0 fully saturated rings. The molecule has 0 aromatic heterocycles. The molecule has 0 radical (unpaired) electrons. The van der Waals surface area contributed by atoms with E-state index >= 15 is 0 Å². The molecule has 0 heterocycles. The molecule has 0 aromatic carbocycles. The first-order chi connectivity index (χ1) is 1.73. The molecule has 0 saturated heterocycles. The molecular weight excluding hydrogens is 102 g/mol. The summed E-state index contributed by atoms with van der Waals surface area (Å²) in [5.41, 5.74) is 0. The van der Waals surface area contributed by atoms with Crippen LogP contribution in [0.1, 0.15) is 8.35 Å². The topological polar surface area (TPSA) is 37.3 Å². The molecule has 0 rings (SSSR count). The van der Waals surface area contributed by atoms with Crippen molar-refractivity contribution in [2.45, 2.75) is 6.92 Å². The fraction of sp³-hybridized carbons (Fsp3) is 0.500. The van der Waals surface area contributed by atoms with Gasteiger partial charge >= 0.3 is 60.5 Å². The van der Waals surface area contributed by atoms with E-state index in [0.717, 1.165) is 6.92 Å². The van der Waals surface area contributed by atoms with Gasteiger partial charge in [-0.05, 0) is 0 Å². The molecule has 1 N–H and O–H groups in total. The molecule has 0 atom stereocenters. The molecule has 0 aromatic rings. The fourth-order valence-corrected chi connectivity index (χ4v) is 0. The molecule has 0 unspecified atom stereocenters. The quantitative estimate of drug-likeness (QED) is 0.401. The molecule has 6 heavy (non-hydrogen) atoms. The van der Waals surface area contributed by atoms with Crippen LogP contribution >= 0.6 is 0 Å². The van der Waals surface area contributed by atoms with Crippen molar-refractivity contribution in [3.63, 3.8) is 0 Å². The van der Waals surface area contributed by atoms with Gasteiger partial charge in [0.05, 0.1) is 0 Å². The molecule has 0 amide bonds. The molecule has 2 nitrogen and oxygen atoms in total. The molecule has 0 spiro atoms. The first-order valence-corrected chi connectivity index (χ1v) is 0.928. The minimum atomic E-state index is -0.833. The molecule has 4 heteroatoms. The van der Waals surface area contributed by atoms with Crippen LogP contribution in [-0.4, -0.2) is 70.2 Å². The third-order valence-corrected chi connectivity index (χ3v) is 0. The van der Waals surface area contributed by atoms with Gasteiger partial charge in [-0.25, -0.2) is 0 Å². The zero-order valence-corrected chi connectivity index (χ0v) is 2.36. The third-order valence-electron chi connectivity index (χ3n) is 0. The maximum atomic E-state index is 9.00. The Balaban J connectivity index is -0.0000000150. The SMILES string of the molecule is CC(=O)O.[H+].[NaH].[NaH]. The Morgan fingerprint density at radius 2 is 1.67 bits per heavy atom. The number of hydrogen-bond acceptors (Lipinski definition) is 1. The normalized spacial score (nSPS) is 4.17. The Labute approximate surface area is 82.4 Å². The van der Waals surface area contributed by atoms with Crippen molar-refractivity contribution in [3.8, 4) is 0 Å². The second-order valence-corrected chi connectivity index (χ2v) is 0.519. The van der Waals surface area contributed by atoms with Crippen LogP contribution in [0.4, 0.5) is 0 Å². The van der Waals surface area contributed by atoms with E-state index in [4.69, 9.17) is 9.90 Å². The van der Waals surface area contributed by atoms with E-state index in [-0.39, 0.29) is 60.5 Å². The number of carboxylic acid groups (broad SMARTS) is 1. The van der Waals surface area contributed by atoms with Gasteiger partial charge in [0.2, 0.25) is 0 Å². The molecule has 0 aliphatic rings.